The molecule has 1 atom stereocenters. The molecule has 1 aromatic rings. The fraction of sp³-hybridized carbons (Fsp3) is 0.400. The van der Waals surface area contributed by atoms with Crippen LogP contribution in [0.4, 0.5) is 0 Å². The van der Waals surface area contributed by atoms with Gasteiger partial charge in [0, 0.05) is 18.3 Å². The predicted molar refractivity (Wildman–Crippen MR) is 53.2 cm³/mol. The smallest absolute Gasteiger partial charge is 0.214 e. The fourth-order valence-corrected chi connectivity index (χ4v) is 1.18. The molecule has 0 radical (unpaired) electrons. The Bertz CT molecular complexity index is 308. The normalized spacial score (nSPS) is 12.1. The average molecular weight is 195 g/mol. The van der Waals surface area contributed by atoms with Gasteiger partial charge in [-0.15, -0.1) is 0 Å². The highest BCUT2D eigenvalue weighted by molar-refractivity contribution is 5.27. The first kappa shape index (κ1) is 10.5. The number of rotatable bonds is 4. The van der Waals surface area contributed by atoms with Gasteiger partial charge in [0.1, 0.15) is 5.75 Å². The van der Waals surface area contributed by atoms with Crippen molar-refractivity contribution in [3.63, 3.8) is 0 Å². The Labute approximate surface area is 82.7 Å². The van der Waals surface area contributed by atoms with Crippen LogP contribution in [0.3, 0.4) is 0 Å². The summed E-state index contributed by atoms with van der Waals surface area (Å²) in [5.41, 5.74) is 0.954. The molecule has 0 N–H and O–H groups in total. The quantitative estimate of drug-likeness (QED) is 0.544. The minimum Gasteiger partial charge on any atom is -0.497 e. The van der Waals surface area contributed by atoms with Gasteiger partial charge in [-0.05, 0) is 17.7 Å². The van der Waals surface area contributed by atoms with E-state index in [0.717, 1.165) is 11.3 Å². The van der Waals surface area contributed by atoms with Crippen LogP contribution in [0.25, 0.3) is 0 Å². The Morgan fingerprint density at radius 1 is 1.43 bits per heavy atom. The van der Waals surface area contributed by atoms with E-state index < -0.39 is 6.04 Å². The summed E-state index contributed by atoms with van der Waals surface area (Å²) in [5, 5.41) is 10.4. The lowest BCUT2D eigenvalue weighted by Gasteiger charge is -2.04. The molecule has 14 heavy (non-hydrogen) atoms. The SMILES string of the molecule is COc1ccc(CC(C)[N+](=O)[O-])cc1. The molecular formula is C10H13NO3. The van der Waals surface area contributed by atoms with Crippen LogP contribution in [0.1, 0.15) is 12.5 Å². The zero-order chi connectivity index (χ0) is 10.6. The molecule has 0 saturated heterocycles. The first-order chi connectivity index (χ1) is 6.63. The molecule has 1 aromatic carbocycles. The summed E-state index contributed by atoms with van der Waals surface area (Å²) in [7, 11) is 1.59. The predicted octanol–water partition coefficient (Wildman–Crippen LogP) is 1.90. The van der Waals surface area contributed by atoms with E-state index in [2.05, 4.69) is 0 Å². The van der Waals surface area contributed by atoms with Crippen LogP contribution in [-0.2, 0) is 6.42 Å². The fourth-order valence-electron chi connectivity index (χ4n) is 1.18. The number of methoxy groups -OCH3 is 1. The molecule has 0 aliphatic heterocycles. The van der Waals surface area contributed by atoms with E-state index in [-0.39, 0.29) is 4.92 Å². The zero-order valence-electron chi connectivity index (χ0n) is 8.27. The lowest BCUT2D eigenvalue weighted by molar-refractivity contribution is -0.517. The van der Waals surface area contributed by atoms with Crippen molar-refractivity contribution in [1.29, 1.82) is 0 Å². The molecule has 0 bridgehead atoms. The molecule has 0 fully saturated rings. The van der Waals surface area contributed by atoms with Crippen LogP contribution < -0.4 is 4.74 Å². The molecule has 0 aliphatic carbocycles. The van der Waals surface area contributed by atoms with Gasteiger partial charge in [0.25, 0.3) is 0 Å². The van der Waals surface area contributed by atoms with Crippen LogP contribution in [0.15, 0.2) is 24.3 Å². The molecule has 4 heteroatoms. The molecule has 0 aromatic heterocycles. The van der Waals surface area contributed by atoms with E-state index in [1.807, 2.05) is 24.3 Å². The maximum Gasteiger partial charge on any atom is 0.214 e. The van der Waals surface area contributed by atoms with Gasteiger partial charge >= 0.3 is 0 Å². The van der Waals surface area contributed by atoms with Gasteiger partial charge in [0.2, 0.25) is 6.04 Å². The van der Waals surface area contributed by atoms with Crippen molar-refractivity contribution >= 4 is 0 Å². The molecule has 76 valence electrons. The second-order valence-electron chi connectivity index (χ2n) is 3.19. The lowest BCUT2D eigenvalue weighted by atomic mass is 10.1. The molecule has 1 unspecified atom stereocenters. The summed E-state index contributed by atoms with van der Waals surface area (Å²) in [4.78, 5) is 10.1. The van der Waals surface area contributed by atoms with E-state index in [9.17, 15) is 10.1 Å². The van der Waals surface area contributed by atoms with Crippen LogP contribution in [-0.4, -0.2) is 18.1 Å². The third kappa shape index (κ3) is 2.73. The molecule has 0 aliphatic rings. The Kier molecular flexibility index (Phi) is 3.45. The first-order valence-corrected chi connectivity index (χ1v) is 4.40. The molecule has 0 spiro atoms. The topological polar surface area (TPSA) is 52.4 Å². The molecule has 0 heterocycles. The summed E-state index contributed by atoms with van der Waals surface area (Å²) >= 11 is 0. The van der Waals surface area contributed by atoms with E-state index in [1.54, 1.807) is 14.0 Å². The first-order valence-electron chi connectivity index (χ1n) is 4.40. The van der Waals surface area contributed by atoms with Gasteiger partial charge in [-0.25, -0.2) is 0 Å². The van der Waals surface area contributed by atoms with E-state index in [0.29, 0.717) is 6.42 Å². The van der Waals surface area contributed by atoms with Crippen LogP contribution in [0.2, 0.25) is 0 Å². The van der Waals surface area contributed by atoms with E-state index >= 15 is 0 Å². The Balaban J connectivity index is 2.64. The van der Waals surface area contributed by atoms with Crippen LogP contribution in [0.5, 0.6) is 5.75 Å². The third-order valence-corrected chi connectivity index (χ3v) is 2.05. The highest BCUT2D eigenvalue weighted by Crippen LogP contribution is 2.13. The Morgan fingerprint density at radius 2 is 2.00 bits per heavy atom. The number of nitro groups is 1. The minimum absolute atomic E-state index is 0.274. The number of nitrogens with zero attached hydrogens (tertiary/aromatic N) is 1. The summed E-state index contributed by atoms with van der Waals surface area (Å²) in [5.74, 6) is 0.766. The monoisotopic (exact) mass is 195 g/mol. The summed E-state index contributed by atoms with van der Waals surface area (Å²) < 4.78 is 4.99. The van der Waals surface area contributed by atoms with E-state index in [1.165, 1.54) is 0 Å². The standard InChI is InChI=1S/C10H13NO3/c1-8(11(12)13)7-9-3-5-10(14-2)6-4-9/h3-6,8H,7H2,1-2H3. The molecule has 1 rings (SSSR count). The van der Waals surface area contributed by atoms with Crippen molar-refractivity contribution < 1.29 is 9.66 Å². The van der Waals surface area contributed by atoms with Gasteiger partial charge in [-0.2, -0.15) is 0 Å². The minimum atomic E-state index is -0.539. The van der Waals surface area contributed by atoms with Gasteiger partial charge in [0.05, 0.1) is 7.11 Å². The number of ether oxygens (including phenoxy) is 1. The molecule has 0 saturated carbocycles. The van der Waals surface area contributed by atoms with Crippen molar-refractivity contribution in [1.82, 2.24) is 0 Å². The Morgan fingerprint density at radius 3 is 2.43 bits per heavy atom. The second-order valence-corrected chi connectivity index (χ2v) is 3.19. The number of hydrogen-bond acceptors (Lipinski definition) is 3. The molecular weight excluding hydrogens is 182 g/mol. The third-order valence-electron chi connectivity index (χ3n) is 2.05. The van der Waals surface area contributed by atoms with Crippen molar-refractivity contribution in [2.45, 2.75) is 19.4 Å². The Hall–Kier alpha value is -1.58. The largest absolute Gasteiger partial charge is 0.497 e. The average Bonchev–Trinajstić information content (AvgIpc) is 2.19. The highest BCUT2D eigenvalue weighted by atomic mass is 16.6. The highest BCUT2D eigenvalue weighted by Gasteiger charge is 2.12. The van der Waals surface area contributed by atoms with Crippen LogP contribution >= 0.6 is 0 Å². The zero-order valence-corrected chi connectivity index (χ0v) is 8.27. The lowest BCUT2D eigenvalue weighted by Crippen LogP contribution is -2.17. The summed E-state index contributed by atoms with van der Waals surface area (Å²) in [6.07, 6.45) is 0.455. The van der Waals surface area contributed by atoms with Gasteiger partial charge in [0.15, 0.2) is 0 Å². The number of benzene rings is 1. The maximum atomic E-state index is 10.4. The molecule has 4 nitrogen and oxygen atoms in total. The maximum absolute atomic E-state index is 10.4. The van der Waals surface area contributed by atoms with Gasteiger partial charge in [-0.3, -0.25) is 10.1 Å². The second kappa shape index (κ2) is 4.60. The van der Waals surface area contributed by atoms with Crippen molar-refractivity contribution in [2.75, 3.05) is 7.11 Å². The van der Waals surface area contributed by atoms with Gasteiger partial charge in [-0.1, -0.05) is 12.1 Å². The summed E-state index contributed by atoms with van der Waals surface area (Å²) in [6.45, 7) is 1.60. The van der Waals surface area contributed by atoms with Crippen molar-refractivity contribution in [3.05, 3.63) is 39.9 Å². The van der Waals surface area contributed by atoms with Crippen LogP contribution in [0, 0.1) is 10.1 Å². The van der Waals surface area contributed by atoms with Crippen molar-refractivity contribution in [2.24, 2.45) is 0 Å². The number of hydrogen-bond donors (Lipinski definition) is 0. The van der Waals surface area contributed by atoms with Gasteiger partial charge < -0.3 is 4.74 Å². The van der Waals surface area contributed by atoms with Crippen molar-refractivity contribution in [3.8, 4) is 5.75 Å². The van der Waals surface area contributed by atoms with E-state index in [4.69, 9.17) is 4.74 Å². The summed E-state index contributed by atoms with van der Waals surface area (Å²) in [6, 6.07) is 6.77. The molecule has 0 amide bonds.